The molecule has 2 fully saturated rings. The first kappa shape index (κ1) is 39.6. The van der Waals surface area contributed by atoms with Gasteiger partial charge < -0.3 is 24.5 Å². The third-order valence-electron chi connectivity index (χ3n) is 10.8. The highest BCUT2D eigenvalue weighted by atomic mass is 16.5. The number of carbonyl (C=O) groups is 1. The second-order valence-corrected chi connectivity index (χ2v) is 15.7. The zero-order valence-electron chi connectivity index (χ0n) is 33.4. The molecule has 6 aromatic rings. The first-order chi connectivity index (χ1) is 27.4. The molecule has 0 amide bonds. The predicted molar refractivity (Wildman–Crippen MR) is 218 cm³/mol. The summed E-state index contributed by atoms with van der Waals surface area (Å²) in [6, 6.07) is 14.5. The highest BCUT2D eigenvalue weighted by molar-refractivity contribution is 5.94. The van der Waals surface area contributed by atoms with Gasteiger partial charge in [0, 0.05) is 30.5 Å². The maximum atomic E-state index is 13.1. The smallest absolute Gasteiger partial charge is 0.306 e. The number of benzene rings is 2. The van der Waals surface area contributed by atoms with Gasteiger partial charge in [-0.15, -0.1) is 0 Å². The van der Waals surface area contributed by atoms with Crippen LogP contribution in [0, 0.1) is 0 Å². The van der Waals surface area contributed by atoms with E-state index >= 15 is 0 Å². The van der Waals surface area contributed by atoms with Crippen LogP contribution in [0.15, 0.2) is 58.1 Å². The number of hydrogen-bond acceptors (Lipinski definition) is 10. The number of fused-ring (bicyclic) bond motifs is 2. The molecule has 2 aromatic carbocycles. The van der Waals surface area contributed by atoms with Crippen LogP contribution in [0.5, 0.6) is 23.5 Å². The first-order valence-corrected chi connectivity index (χ1v) is 20.2. The van der Waals surface area contributed by atoms with Gasteiger partial charge in [0.1, 0.15) is 23.1 Å². The highest BCUT2D eigenvalue weighted by Gasteiger charge is 2.25. The van der Waals surface area contributed by atoms with Crippen molar-refractivity contribution in [2.24, 2.45) is 0 Å². The zero-order chi connectivity index (χ0) is 40.3. The molecule has 2 saturated carbocycles. The number of nitrogens with zero attached hydrogens (tertiary/aromatic N) is 6. The lowest BCUT2D eigenvalue weighted by Crippen LogP contribution is -2.23. The fraction of sp³-hybridized carbons (Fsp3) is 0.465. The van der Waals surface area contributed by atoms with Crippen LogP contribution in [0.3, 0.4) is 0 Å². The number of rotatable bonds is 12. The monoisotopic (exact) mass is 776 g/mol. The molecule has 0 radical (unpaired) electrons. The quantitative estimate of drug-likeness (QED) is 0.102. The average Bonchev–Trinajstić information content (AvgIpc) is 4.02. The fourth-order valence-electron chi connectivity index (χ4n) is 7.68. The van der Waals surface area contributed by atoms with E-state index in [0.29, 0.717) is 64.3 Å². The molecule has 4 heterocycles. The van der Waals surface area contributed by atoms with Crippen molar-refractivity contribution in [2.75, 3.05) is 0 Å². The van der Waals surface area contributed by atoms with E-state index in [1.807, 2.05) is 26.0 Å². The minimum atomic E-state index is -0.988. The number of carbonyl (C=O) groups excluding carboxylic acids is 1. The minimum absolute atomic E-state index is 0.0479. The Balaban J connectivity index is 0.000000174. The van der Waals surface area contributed by atoms with E-state index in [4.69, 9.17) is 9.47 Å². The third kappa shape index (κ3) is 8.70. The summed E-state index contributed by atoms with van der Waals surface area (Å²) >= 11 is 0. The standard InChI is InChI=1S/C22H28N4O3.C21H24N4O3/c1-4-12-26-20(27)17-19(24-18(23-17)14-8-5-6-9-14)25-21(26)29-16-11-7-10-15(13-16)22(2,3)28;1-3-11-25-20(27)17-19(23-18(22-17)14-7-4-5-8-14)24-21(25)28-16-10-6-9-15(12-16)13(2)26/h7,10-11,13-14,28H,4-6,8-9,12H2,1-3H3,(H,23,24);6,9-10,12,14H,3-5,7-8,11H2,1-2H3,(H,22,23). The van der Waals surface area contributed by atoms with Crippen LogP contribution < -0.4 is 20.6 Å². The number of ketones is 1. The Hall–Kier alpha value is -5.63. The van der Waals surface area contributed by atoms with Gasteiger partial charge in [-0.2, -0.15) is 9.97 Å². The number of nitrogens with one attached hydrogen (secondary N) is 2. The zero-order valence-corrected chi connectivity index (χ0v) is 33.4. The molecule has 0 aliphatic heterocycles. The Labute approximate surface area is 330 Å². The van der Waals surface area contributed by atoms with Crippen molar-refractivity contribution in [3.8, 4) is 23.5 Å². The van der Waals surface area contributed by atoms with Crippen LogP contribution >= 0.6 is 0 Å². The van der Waals surface area contributed by atoms with Crippen molar-refractivity contribution in [3.05, 3.63) is 92.0 Å². The molecule has 0 bridgehead atoms. The summed E-state index contributed by atoms with van der Waals surface area (Å²) in [5.41, 5.74) is 1.60. The SMILES string of the molecule is CCCn1c(Oc2cccc(C(C)(C)O)c2)nc2nc(C3CCCC3)[nH]c2c1=O.CCCn1c(Oc2cccc(C(C)=O)c2)nc2nc(C3CCCC3)[nH]c2c1=O. The molecule has 300 valence electrons. The number of Topliss-reactive ketones (excluding diaryl/α,β-unsaturated/α-hetero) is 1. The average molecular weight is 777 g/mol. The summed E-state index contributed by atoms with van der Waals surface area (Å²) in [6.07, 6.45) is 10.7. The van der Waals surface area contributed by atoms with Gasteiger partial charge >= 0.3 is 12.0 Å². The molecule has 3 N–H and O–H groups in total. The number of imidazole rings is 2. The first-order valence-electron chi connectivity index (χ1n) is 20.2. The van der Waals surface area contributed by atoms with Gasteiger partial charge in [0.05, 0.1) is 5.60 Å². The van der Waals surface area contributed by atoms with E-state index in [1.54, 1.807) is 54.8 Å². The van der Waals surface area contributed by atoms with Gasteiger partial charge in [-0.3, -0.25) is 23.5 Å². The molecule has 4 aromatic heterocycles. The summed E-state index contributed by atoms with van der Waals surface area (Å²) < 4.78 is 15.0. The van der Waals surface area contributed by atoms with Gasteiger partial charge in [0.15, 0.2) is 28.1 Å². The van der Waals surface area contributed by atoms with Crippen molar-refractivity contribution in [1.82, 2.24) is 39.0 Å². The Morgan fingerprint density at radius 1 is 0.737 bits per heavy atom. The lowest BCUT2D eigenvalue weighted by molar-refractivity contribution is 0.0783. The minimum Gasteiger partial charge on any atom is -0.425 e. The van der Waals surface area contributed by atoms with E-state index in [0.717, 1.165) is 55.7 Å². The summed E-state index contributed by atoms with van der Waals surface area (Å²) in [7, 11) is 0. The van der Waals surface area contributed by atoms with Gasteiger partial charge in [-0.05, 0) is 89.1 Å². The Morgan fingerprint density at radius 3 is 1.63 bits per heavy atom. The fourth-order valence-corrected chi connectivity index (χ4v) is 7.68. The summed E-state index contributed by atoms with van der Waals surface area (Å²) in [4.78, 5) is 62.6. The Bertz CT molecular complexity index is 2500. The second kappa shape index (κ2) is 16.8. The van der Waals surface area contributed by atoms with Crippen molar-refractivity contribution in [1.29, 1.82) is 0 Å². The van der Waals surface area contributed by atoms with Crippen LogP contribution in [0.4, 0.5) is 0 Å². The lowest BCUT2D eigenvalue weighted by Gasteiger charge is -2.19. The molecule has 0 unspecified atom stereocenters. The lowest BCUT2D eigenvalue weighted by atomic mass is 9.98. The van der Waals surface area contributed by atoms with Crippen LogP contribution in [0.1, 0.15) is 138 Å². The van der Waals surface area contributed by atoms with Gasteiger partial charge in [-0.25, -0.2) is 9.97 Å². The number of aromatic nitrogens is 8. The van der Waals surface area contributed by atoms with Gasteiger partial charge in [-0.1, -0.05) is 63.8 Å². The van der Waals surface area contributed by atoms with Crippen LogP contribution in [0.25, 0.3) is 22.3 Å². The van der Waals surface area contributed by atoms with Gasteiger partial charge in [0.25, 0.3) is 11.1 Å². The molecule has 14 heteroatoms. The summed E-state index contributed by atoms with van der Waals surface area (Å²) in [5, 5.41) is 10.3. The van der Waals surface area contributed by atoms with Crippen molar-refractivity contribution >= 4 is 28.1 Å². The maximum absolute atomic E-state index is 13.1. The second-order valence-electron chi connectivity index (χ2n) is 15.7. The molecule has 2 aliphatic carbocycles. The van der Waals surface area contributed by atoms with Crippen molar-refractivity contribution < 1.29 is 19.4 Å². The van der Waals surface area contributed by atoms with Crippen LogP contribution in [0.2, 0.25) is 0 Å². The maximum Gasteiger partial charge on any atom is 0.306 e. The normalized spacial score (nSPS) is 15.0. The van der Waals surface area contributed by atoms with E-state index in [-0.39, 0.29) is 28.9 Å². The molecule has 14 nitrogen and oxygen atoms in total. The van der Waals surface area contributed by atoms with Gasteiger partial charge in [0.2, 0.25) is 0 Å². The van der Waals surface area contributed by atoms with E-state index in [9.17, 15) is 19.5 Å². The Morgan fingerprint density at radius 2 is 1.19 bits per heavy atom. The van der Waals surface area contributed by atoms with Crippen LogP contribution in [-0.4, -0.2) is 49.9 Å². The number of H-pyrrole nitrogens is 2. The molecule has 0 spiro atoms. The third-order valence-corrected chi connectivity index (χ3v) is 10.8. The topological polar surface area (TPSA) is 183 Å². The molecule has 2 aliphatic rings. The van der Waals surface area contributed by atoms with E-state index < -0.39 is 5.60 Å². The molecule has 8 rings (SSSR count). The largest absolute Gasteiger partial charge is 0.425 e. The predicted octanol–water partition coefficient (Wildman–Crippen LogP) is 8.39. The number of aliphatic hydroxyl groups is 1. The Kier molecular flexibility index (Phi) is 11.7. The van der Waals surface area contributed by atoms with E-state index in [1.165, 1.54) is 37.2 Å². The molecular weight excluding hydrogens is 725 g/mol. The molecule has 0 saturated heterocycles. The molecular formula is C43H52N8O6. The number of aromatic amines is 2. The van der Waals surface area contributed by atoms with Crippen molar-refractivity contribution in [2.45, 2.75) is 129 Å². The van der Waals surface area contributed by atoms with Crippen molar-refractivity contribution in [3.63, 3.8) is 0 Å². The molecule has 57 heavy (non-hydrogen) atoms. The molecule has 0 atom stereocenters. The van der Waals surface area contributed by atoms with E-state index in [2.05, 4.69) is 29.9 Å². The van der Waals surface area contributed by atoms with Crippen LogP contribution in [-0.2, 0) is 18.7 Å². The highest BCUT2D eigenvalue weighted by Crippen LogP contribution is 2.35. The summed E-state index contributed by atoms with van der Waals surface area (Å²) in [5.74, 6) is 3.37. The number of hydrogen-bond donors (Lipinski definition) is 3. The number of ether oxygens (including phenoxy) is 2. The summed E-state index contributed by atoms with van der Waals surface area (Å²) in [6.45, 7) is 9.93.